The number of aliphatic imine (C=N–C) groups is 1. The Morgan fingerprint density at radius 1 is 1.57 bits per heavy atom. The predicted octanol–water partition coefficient (Wildman–Crippen LogP) is 0.423. The van der Waals surface area contributed by atoms with Gasteiger partial charge in [-0.25, -0.2) is 13.2 Å². The minimum absolute atomic E-state index is 0.140. The summed E-state index contributed by atoms with van der Waals surface area (Å²) in [5.41, 5.74) is 4.51. The Morgan fingerprint density at radius 3 is 2.70 bits per heavy atom. The highest BCUT2D eigenvalue weighted by atomic mass is 19.2. The maximum atomic E-state index is 14.1. The highest BCUT2D eigenvalue weighted by Gasteiger charge is 2.51. The number of hydrogen-bond acceptors (Lipinski definition) is 5. The first kappa shape index (κ1) is 17.7. The van der Waals surface area contributed by atoms with Crippen LogP contribution >= 0.6 is 0 Å². The van der Waals surface area contributed by atoms with E-state index < -0.39 is 53.8 Å². The number of nitrogens with zero attached hydrogens (tertiary/aromatic N) is 1. The van der Waals surface area contributed by atoms with E-state index in [2.05, 4.69) is 11.6 Å². The molecule has 1 aliphatic heterocycles. The molecule has 0 radical (unpaired) electrons. The zero-order valence-electron chi connectivity index (χ0n) is 12.1. The van der Waals surface area contributed by atoms with E-state index >= 15 is 0 Å². The molecule has 0 bridgehead atoms. The lowest BCUT2D eigenvalue weighted by molar-refractivity contribution is -0.119. The molecule has 0 aromatic carbocycles. The van der Waals surface area contributed by atoms with Crippen molar-refractivity contribution >= 4 is 5.84 Å². The topological polar surface area (TPSA) is 97.3 Å². The molecule has 6 nitrogen and oxygen atoms in total. The Balaban J connectivity index is 2.45. The number of nitrogens with two attached hydrogens (primary N) is 1. The average molecular weight is 334 g/mol. The molecule has 1 saturated heterocycles. The maximum Gasteiger partial charge on any atom is 0.295 e. The lowest BCUT2D eigenvalue weighted by atomic mass is 9.91. The third kappa shape index (κ3) is 3.32. The lowest BCUT2D eigenvalue weighted by Gasteiger charge is -2.30. The molecule has 2 unspecified atom stereocenters. The Hall–Kier alpha value is -1.68. The number of ether oxygens (including phenoxy) is 2. The largest absolute Gasteiger partial charge is 0.394 e. The number of rotatable bonds is 5. The summed E-state index contributed by atoms with van der Waals surface area (Å²) in [4.78, 5) is 3.75. The Kier molecular flexibility index (Phi) is 5.25. The fourth-order valence-corrected chi connectivity index (χ4v) is 2.16. The second-order valence-electron chi connectivity index (χ2n) is 4.98. The second kappa shape index (κ2) is 6.83. The molecule has 4 N–H and O–H groups in total. The van der Waals surface area contributed by atoms with Crippen molar-refractivity contribution in [3.05, 3.63) is 35.7 Å². The van der Waals surface area contributed by atoms with E-state index in [4.69, 9.17) is 20.3 Å². The quantitative estimate of drug-likeness (QED) is 0.385. The van der Waals surface area contributed by atoms with Crippen molar-refractivity contribution in [2.45, 2.75) is 24.4 Å². The van der Waals surface area contributed by atoms with Crippen LogP contribution in [-0.4, -0.2) is 60.2 Å². The first-order chi connectivity index (χ1) is 10.8. The van der Waals surface area contributed by atoms with Gasteiger partial charge in [-0.05, 0) is 6.08 Å². The van der Waals surface area contributed by atoms with Crippen molar-refractivity contribution in [1.29, 1.82) is 0 Å². The van der Waals surface area contributed by atoms with E-state index in [1.165, 1.54) is 6.08 Å². The summed E-state index contributed by atoms with van der Waals surface area (Å²) in [7, 11) is 0. The van der Waals surface area contributed by atoms with Crippen LogP contribution in [0.15, 0.2) is 40.7 Å². The molecule has 0 amide bonds. The number of alkyl halides is 2. The molecule has 9 heteroatoms. The molecule has 0 aromatic heterocycles. The zero-order valence-corrected chi connectivity index (χ0v) is 12.1. The molecule has 0 spiro atoms. The van der Waals surface area contributed by atoms with Crippen LogP contribution in [0.1, 0.15) is 0 Å². The highest BCUT2D eigenvalue weighted by Crippen LogP contribution is 2.40. The van der Waals surface area contributed by atoms with Gasteiger partial charge in [-0.3, -0.25) is 4.99 Å². The molecular formula is C14H17F3N2O4. The molecule has 23 heavy (non-hydrogen) atoms. The van der Waals surface area contributed by atoms with Crippen molar-refractivity contribution in [1.82, 2.24) is 0 Å². The summed E-state index contributed by atoms with van der Waals surface area (Å²) in [6, 6.07) is -0.853. The van der Waals surface area contributed by atoms with Gasteiger partial charge in [-0.2, -0.15) is 0 Å². The Morgan fingerprint density at radius 2 is 2.17 bits per heavy atom. The Labute approximate surface area is 130 Å². The summed E-state index contributed by atoms with van der Waals surface area (Å²) < 4.78 is 52.4. The van der Waals surface area contributed by atoms with Crippen LogP contribution in [0.5, 0.6) is 0 Å². The van der Waals surface area contributed by atoms with Crippen molar-refractivity contribution in [3.8, 4) is 0 Å². The number of aliphatic hydroxyl groups is 2. The summed E-state index contributed by atoms with van der Waals surface area (Å²) >= 11 is 0. The first-order valence-electron chi connectivity index (χ1n) is 6.80. The number of hydrogen-bond donors (Lipinski definition) is 3. The van der Waals surface area contributed by atoms with Gasteiger partial charge in [-0.1, -0.05) is 6.08 Å². The third-order valence-electron chi connectivity index (χ3n) is 3.42. The van der Waals surface area contributed by atoms with Crippen LogP contribution in [0.4, 0.5) is 13.2 Å². The van der Waals surface area contributed by atoms with Crippen molar-refractivity contribution in [2.75, 3.05) is 19.8 Å². The van der Waals surface area contributed by atoms with Crippen molar-refractivity contribution < 1.29 is 32.9 Å². The van der Waals surface area contributed by atoms with Crippen molar-refractivity contribution in [2.24, 2.45) is 10.7 Å². The minimum atomic E-state index is -3.92. The molecule has 2 rings (SSSR count). The summed E-state index contributed by atoms with van der Waals surface area (Å²) in [6.07, 6.45) is -1.94. The monoisotopic (exact) mass is 334 g/mol. The summed E-state index contributed by atoms with van der Waals surface area (Å²) in [6.45, 7) is 3.22. The summed E-state index contributed by atoms with van der Waals surface area (Å²) in [5, 5.41) is 18.5. The number of aliphatic hydroxyl groups excluding tert-OH is 1. The van der Waals surface area contributed by atoms with Crippen molar-refractivity contribution in [3.63, 3.8) is 0 Å². The average Bonchev–Trinajstić information content (AvgIpc) is 3.05. The SMILES string of the molecule is C=C[C@@H](CO)N=C(N)C1=CC(C2OCCO2)=C(F)C(O)(F)C1F. The van der Waals surface area contributed by atoms with Crippen LogP contribution in [0.3, 0.4) is 0 Å². The van der Waals surface area contributed by atoms with Crippen LogP contribution < -0.4 is 5.73 Å². The van der Waals surface area contributed by atoms with E-state index in [0.717, 1.165) is 6.08 Å². The van der Waals surface area contributed by atoms with E-state index in [1.54, 1.807) is 0 Å². The highest BCUT2D eigenvalue weighted by molar-refractivity contribution is 5.99. The van der Waals surface area contributed by atoms with Gasteiger partial charge in [-0.15, -0.1) is 6.58 Å². The standard InChI is InChI=1S/C14H17F3N2O4/c1-2-7(6-20)19-12(18)8-5-9(13-22-3-4-23-13)11(16)14(17,21)10(8)15/h2,5,7,10,13,20-21H,1,3-4,6H2,(H2,18,19)/t7-,10?,14?/m0/s1. The molecular weight excluding hydrogens is 317 g/mol. The fraction of sp³-hybridized carbons (Fsp3) is 0.500. The van der Waals surface area contributed by atoms with E-state index in [1.807, 2.05) is 0 Å². The van der Waals surface area contributed by atoms with Crippen LogP contribution in [0, 0.1) is 0 Å². The normalized spacial score (nSPS) is 31.3. The number of amidine groups is 1. The molecule has 3 atom stereocenters. The van der Waals surface area contributed by atoms with E-state index in [0.29, 0.717) is 0 Å². The van der Waals surface area contributed by atoms with Gasteiger partial charge in [0.25, 0.3) is 5.85 Å². The van der Waals surface area contributed by atoms with Crippen LogP contribution in [-0.2, 0) is 9.47 Å². The van der Waals surface area contributed by atoms with Gasteiger partial charge in [0, 0.05) is 11.1 Å². The molecule has 1 fully saturated rings. The van der Waals surface area contributed by atoms with Crippen LogP contribution in [0.25, 0.3) is 0 Å². The molecule has 0 aromatic rings. The van der Waals surface area contributed by atoms with Gasteiger partial charge in [0.1, 0.15) is 5.84 Å². The maximum absolute atomic E-state index is 14.1. The molecule has 128 valence electrons. The third-order valence-corrected chi connectivity index (χ3v) is 3.42. The lowest BCUT2D eigenvalue weighted by Crippen LogP contribution is -2.44. The van der Waals surface area contributed by atoms with Gasteiger partial charge in [0.05, 0.1) is 25.9 Å². The fourth-order valence-electron chi connectivity index (χ4n) is 2.16. The molecule has 1 heterocycles. The van der Waals surface area contributed by atoms with Gasteiger partial charge in [0.2, 0.25) is 0 Å². The van der Waals surface area contributed by atoms with Crippen LogP contribution in [0.2, 0.25) is 0 Å². The van der Waals surface area contributed by atoms with E-state index in [-0.39, 0.29) is 13.2 Å². The Bertz CT molecular complexity index is 568. The number of halogens is 3. The molecule has 1 aliphatic carbocycles. The smallest absolute Gasteiger partial charge is 0.295 e. The van der Waals surface area contributed by atoms with Gasteiger partial charge in [0.15, 0.2) is 18.3 Å². The molecule has 2 aliphatic rings. The van der Waals surface area contributed by atoms with Gasteiger partial charge < -0.3 is 25.4 Å². The van der Waals surface area contributed by atoms with Gasteiger partial charge >= 0.3 is 0 Å². The summed E-state index contributed by atoms with van der Waals surface area (Å²) in [5.74, 6) is -6.16. The second-order valence-corrected chi connectivity index (χ2v) is 4.98. The predicted molar refractivity (Wildman–Crippen MR) is 75.6 cm³/mol. The first-order valence-corrected chi connectivity index (χ1v) is 6.80. The van der Waals surface area contributed by atoms with E-state index in [9.17, 15) is 18.3 Å². The molecule has 0 saturated carbocycles. The minimum Gasteiger partial charge on any atom is -0.394 e. The zero-order chi connectivity index (χ0) is 17.2.